The molecule has 1 fully saturated rings. The highest BCUT2D eigenvalue weighted by Gasteiger charge is 2.40. The molecule has 0 spiro atoms. The van der Waals surface area contributed by atoms with E-state index in [0.29, 0.717) is 16.4 Å². The van der Waals surface area contributed by atoms with Crippen LogP contribution in [-0.2, 0) is 6.18 Å². The number of carbonyl (C=O) groups is 2. The quantitative estimate of drug-likeness (QED) is 0.917. The summed E-state index contributed by atoms with van der Waals surface area (Å²) in [5, 5.41) is 12.5. The summed E-state index contributed by atoms with van der Waals surface area (Å²) in [5.41, 5.74) is -1.93. The van der Waals surface area contributed by atoms with Crippen LogP contribution in [0.25, 0.3) is 5.69 Å². The van der Waals surface area contributed by atoms with Crippen molar-refractivity contribution < 1.29 is 27.9 Å². The molecule has 1 aromatic heterocycles. The van der Waals surface area contributed by atoms with Crippen LogP contribution in [0.5, 0.6) is 0 Å². The summed E-state index contributed by atoms with van der Waals surface area (Å²) in [6.45, 7) is 0. The number of aromatic carboxylic acids is 1. The number of hydrogen-bond donors (Lipinski definition) is 1. The van der Waals surface area contributed by atoms with Crippen molar-refractivity contribution in [3.05, 3.63) is 47.3 Å². The Labute approximate surface area is 140 Å². The monoisotopic (exact) mass is 353 g/mol. The van der Waals surface area contributed by atoms with Crippen molar-refractivity contribution in [2.45, 2.75) is 25.1 Å². The molecule has 6 nitrogen and oxygen atoms in total. The van der Waals surface area contributed by atoms with Crippen LogP contribution in [0.2, 0.25) is 0 Å². The van der Waals surface area contributed by atoms with Gasteiger partial charge in [0.25, 0.3) is 5.91 Å². The second-order valence-electron chi connectivity index (χ2n) is 5.82. The normalized spacial score (nSPS) is 14.4. The smallest absolute Gasteiger partial charge is 0.434 e. The predicted molar refractivity (Wildman–Crippen MR) is 80.6 cm³/mol. The lowest BCUT2D eigenvalue weighted by Crippen LogP contribution is -2.28. The lowest BCUT2D eigenvalue weighted by Gasteiger charge is -2.16. The fourth-order valence-electron chi connectivity index (χ4n) is 2.55. The van der Waals surface area contributed by atoms with E-state index in [4.69, 9.17) is 5.11 Å². The number of aromatic nitrogens is 2. The van der Waals surface area contributed by atoms with E-state index in [1.54, 1.807) is 11.9 Å². The van der Waals surface area contributed by atoms with E-state index < -0.39 is 23.4 Å². The molecule has 2 aromatic rings. The third kappa shape index (κ3) is 3.21. The molecule has 1 amide bonds. The van der Waals surface area contributed by atoms with Gasteiger partial charge in [-0.05, 0) is 37.1 Å². The van der Waals surface area contributed by atoms with Gasteiger partial charge < -0.3 is 10.0 Å². The van der Waals surface area contributed by atoms with Crippen molar-refractivity contribution in [3.63, 3.8) is 0 Å². The number of halogens is 3. The molecular weight excluding hydrogens is 339 g/mol. The van der Waals surface area contributed by atoms with Crippen LogP contribution in [0.4, 0.5) is 13.2 Å². The fourth-order valence-corrected chi connectivity index (χ4v) is 2.55. The molecule has 9 heteroatoms. The topological polar surface area (TPSA) is 75.4 Å². The van der Waals surface area contributed by atoms with Crippen molar-refractivity contribution in [3.8, 4) is 5.69 Å². The molecule has 0 bridgehead atoms. The number of carboxylic acid groups (broad SMARTS) is 1. The summed E-state index contributed by atoms with van der Waals surface area (Å²) in [5.74, 6) is -1.92. The van der Waals surface area contributed by atoms with Crippen molar-refractivity contribution in [2.75, 3.05) is 7.05 Å². The van der Waals surface area contributed by atoms with Gasteiger partial charge in [-0.1, -0.05) is 0 Å². The molecule has 25 heavy (non-hydrogen) atoms. The third-order valence-corrected chi connectivity index (χ3v) is 4.04. The number of hydrogen-bond acceptors (Lipinski definition) is 3. The summed E-state index contributed by atoms with van der Waals surface area (Å²) in [6.07, 6.45) is -2.34. The fraction of sp³-hybridized carbons (Fsp3) is 0.312. The molecule has 1 saturated carbocycles. The Kier molecular flexibility index (Phi) is 4.02. The molecule has 0 radical (unpaired) electrons. The average molecular weight is 353 g/mol. The van der Waals surface area contributed by atoms with Crippen LogP contribution < -0.4 is 0 Å². The lowest BCUT2D eigenvalue weighted by molar-refractivity contribution is -0.143. The number of amides is 1. The van der Waals surface area contributed by atoms with Gasteiger partial charge in [0.15, 0.2) is 5.69 Å². The summed E-state index contributed by atoms with van der Waals surface area (Å²) < 4.78 is 40.2. The highest BCUT2D eigenvalue weighted by Crippen LogP contribution is 2.34. The zero-order valence-corrected chi connectivity index (χ0v) is 13.1. The number of carbonyl (C=O) groups excluding carboxylic acids is 1. The highest BCUT2D eigenvalue weighted by molar-refractivity contribution is 5.94. The van der Waals surface area contributed by atoms with E-state index in [2.05, 4.69) is 5.10 Å². The Balaban J connectivity index is 1.95. The summed E-state index contributed by atoms with van der Waals surface area (Å²) >= 11 is 0. The molecule has 1 heterocycles. The Hall–Kier alpha value is -2.84. The van der Waals surface area contributed by atoms with Gasteiger partial charge in [-0.2, -0.15) is 18.3 Å². The molecule has 1 aliphatic rings. The first-order valence-electron chi connectivity index (χ1n) is 7.46. The molecule has 3 rings (SSSR count). The molecular formula is C16H14F3N3O3. The van der Waals surface area contributed by atoms with E-state index >= 15 is 0 Å². The van der Waals surface area contributed by atoms with Crippen LogP contribution in [0.1, 0.15) is 39.3 Å². The first kappa shape index (κ1) is 17.0. The Morgan fingerprint density at radius 3 is 2.32 bits per heavy atom. The van der Waals surface area contributed by atoms with Crippen LogP contribution in [0, 0.1) is 0 Å². The van der Waals surface area contributed by atoms with Crippen LogP contribution in [0.15, 0.2) is 30.5 Å². The number of carboxylic acids is 1. The van der Waals surface area contributed by atoms with E-state index in [9.17, 15) is 22.8 Å². The predicted octanol–water partition coefficient (Wildman–Crippen LogP) is 2.82. The number of nitrogens with zero attached hydrogens (tertiary/aromatic N) is 3. The number of benzene rings is 1. The second kappa shape index (κ2) is 5.91. The van der Waals surface area contributed by atoms with E-state index in [0.717, 1.165) is 12.8 Å². The van der Waals surface area contributed by atoms with Crippen molar-refractivity contribution in [1.82, 2.24) is 14.7 Å². The van der Waals surface area contributed by atoms with Crippen LogP contribution in [0.3, 0.4) is 0 Å². The number of rotatable bonds is 4. The Morgan fingerprint density at radius 1 is 1.24 bits per heavy atom. The molecule has 0 saturated heterocycles. The molecule has 1 aliphatic carbocycles. The standard InChI is InChI=1S/C16H14F3N3O3/c1-21(10-6-7-10)14(23)9-2-4-11(5-3-9)22-13(16(17,18)19)12(8-20-22)15(24)25/h2-5,8,10H,6-7H2,1H3,(H,24,25). The lowest BCUT2D eigenvalue weighted by atomic mass is 10.1. The Bertz CT molecular complexity index is 823. The Morgan fingerprint density at radius 2 is 1.84 bits per heavy atom. The van der Waals surface area contributed by atoms with E-state index in [-0.39, 0.29) is 17.6 Å². The largest absolute Gasteiger partial charge is 0.478 e. The first-order chi connectivity index (χ1) is 11.7. The minimum Gasteiger partial charge on any atom is -0.478 e. The molecule has 0 atom stereocenters. The zero-order valence-electron chi connectivity index (χ0n) is 13.1. The third-order valence-electron chi connectivity index (χ3n) is 4.04. The maximum Gasteiger partial charge on any atom is 0.434 e. The van der Waals surface area contributed by atoms with Gasteiger partial charge in [0.2, 0.25) is 0 Å². The van der Waals surface area contributed by atoms with E-state index in [1.165, 1.54) is 24.3 Å². The zero-order chi connectivity index (χ0) is 18.4. The second-order valence-corrected chi connectivity index (χ2v) is 5.82. The minimum atomic E-state index is -4.88. The molecule has 0 unspecified atom stereocenters. The molecule has 1 N–H and O–H groups in total. The summed E-state index contributed by atoms with van der Waals surface area (Å²) in [6, 6.07) is 5.63. The summed E-state index contributed by atoms with van der Waals surface area (Å²) in [7, 11) is 1.68. The van der Waals surface area contributed by atoms with Crippen LogP contribution in [-0.4, -0.2) is 44.8 Å². The van der Waals surface area contributed by atoms with Gasteiger partial charge in [0.1, 0.15) is 5.56 Å². The van der Waals surface area contributed by atoms with Crippen molar-refractivity contribution >= 4 is 11.9 Å². The van der Waals surface area contributed by atoms with Gasteiger partial charge in [-0.25, -0.2) is 9.48 Å². The highest BCUT2D eigenvalue weighted by atomic mass is 19.4. The van der Waals surface area contributed by atoms with Gasteiger partial charge >= 0.3 is 12.1 Å². The van der Waals surface area contributed by atoms with Crippen molar-refractivity contribution in [1.29, 1.82) is 0 Å². The van der Waals surface area contributed by atoms with Crippen molar-refractivity contribution in [2.24, 2.45) is 0 Å². The average Bonchev–Trinajstić information content (AvgIpc) is 3.29. The molecule has 1 aromatic carbocycles. The van der Waals surface area contributed by atoms with E-state index in [1.807, 2.05) is 0 Å². The SMILES string of the molecule is CN(C(=O)c1ccc(-n2ncc(C(=O)O)c2C(F)(F)F)cc1)C1CC1. The summed E-state index contributed by atoms with van der Waals surface area (Å²) in [4.78, 5) is 24.8. The number of alkyl halides is 3. The maximum atomic E-state index is 13.2. The van der Waals surface area contributed by atoms with Gasteiger partial charge in [-0.3, -0.25) is 4.79 Å². The van der Waals surface area contributed by atoms with Gasteiger partial charge in [0.05, 0.1) is 11.9 Å². The van der Waals surface area contributed by atoms with Crippen LogP contribution >= 0.6 is 0 Å². The van der Waals surface area contributed by atoms with Gasteiger partial charge in [-0.15, -0.1) is 0 Å². The molecule has 132 valence electrons. The maximum absolute atomic E-state index is 13.2. The first-order valence-corrected chi connectivity index (χ1v) is 7.46. The van der Waals surface area contributed by atoms with Gasteiger partial charge in [0, 0.05) is 18.7 Å². The minimum absolute atomic E-state index is 0.0189. The molecule has 0 aliphatic heterocycles.